The number of hydrogen-bond acceptors (Lipinski definition) is 8. The second-order valence-corrected chi connectivity index (χ2v) is 10.8. The third-order valence-electron chi connectivity index (χ3n) is 7.02. The van der Waals surface area contributed by atoms with Gasteiger partial charge in [0.05, 0.1) is 25.3 Å². The van der Waals surface area contributed by atoms with E-state index in [4.69, 9.17) is 13.9 Å². The van der Waals surface area contributed by atoms with Crippen LogP contribution < -0.4 is 15.9 Å². The Morgan fingerprint density at radius 2 is 1.73 bits per heavy atom. The molecule has 0 bridgehead atoms. The Morgan fingerprint density at radius 3 is 2.49 bits per heavy atom. The number of fused-ring (bicyclic) bond motifs is 3. The summed E-state index contributed by atoms with van der Waals surface area (Å²) in [5.41, 5.74) is 0.0872. The van der Waals surface area contributed by atoms with E-state index in [1.807, 2.05) is 30.3 Å². The van der Waals surface area contributed by atoms with Crippen LogP contribution in [0.25, 0.3) is 21.9 Å². The van der Waals surface area contributed by atoms with E-state index in [1.54, 1.807) is 22.8 Å². The highest BCUT2D eigenvalue weighted by atomic mass is 32.2. The molecule has 2 aromatic heterocycles. The molecule has 1 aliphatic heterocycles. The molecule has 0 radical (unpaired) electrons. The van der Waals surface area contributed by atoms with Crippen molar-refractivity contribution in [1.82, 2.24) is 9.47 Å². The van der Waals surface area contributed by atoms with Crippen LogP contribution in [0.15, 0.2) is 96.6 Å². The topological polar surface area (TPSA) is 94.1 Å². The maximum absolute atomic E-state index is 14.0. The summed E-state index contributed by atoms with van der Waals surface area (Å²) in [5.74, 6) is -0.324. The number of morpholine rings is 1. The van der Waals surface area contributed by atoms with E-state index < -0.39 is 22.8 Å². The summed E-state index contributed by atoms with van der Waals surface area (Å²) in [4.78, 5) is 29.7. The van der Waals surface area contributed by atoms with E-state index in [9.17, 15) is 19.1 Å². The first-order valence-corrected chi connectivity index (χ1v) is 14.1. The summed E-state index contributed by atoms with van der Waals surface area (Å²) in [7, 11) is 0. The van der Waals surface area contributed by atoms with Crippen molar-refractivity contribution in [2.24, 2.45) is 0 Å². The van der Waals surface area contributed by atoms with Gasteiger partial charge in [-0.1, -0.05) is 42.1 Å². The number of hydrogen-bond donors (Lipinski definition) is 1. The van der Waals surface area contributed by atoms with Crippen LogP contribution in [0.1, 0.15) is 5.56 Å². The Labute approximate surface area is 238 Å². The van der Waals surface area contributed by atoms with Crippen LogP contribution in [0.5, 0.6) is 11.5 Å². The number of rotatable bonds is 8. The van der Waals surface area contributed by atoms with Gasteiger partial charge in [-0.15, -0.1) is 0 Å². The zero-order chi connectivity index (χ0) is 28.3. The lowest BCUT2D eigenvalue weighted by Gasteiger charge is -2.26. The quantitative estimate of drug-likeness (QED) is 0.263. The number of nitrogens with zero attached hydrogens (tertiary/aromatic N) is 2. The van der Waals surface area contributed by atoms with Gasteiger partial charge in [-0.05, 0) is 42.0 Å². The average Bonchev–Trinajstić information content (AvgIpc) is 2.99. The van der Waals surface area contributed by atoms with Crippen molar-refractivity contribution in [2.45, 2.75) is 16.3 Å². The van der Waals surface area contributed by atoms with Gasteiger partial charge < -0.3 is 23.6 Å². The molecule has 0 aliphatic carbocycles. The lowest BCUT2D eigenvalue weighted by atomic mass is 10.1. The van der Waals surface area contributed by atoms with E-state index in [0.29, 0.717) is 41.4 Å². The van der Waals surface area contributed by atoms with Crippen molar-refractivity contribution in [1.29, 1.82) is 0 Å². The van der Waals surface area contributed by atoms with Gasteiger partial charge in [-0.2, -0.15) is 0 Å². The van der Waals surface area contributed by atoms with Crippen molar-refractivity contribution in [3.05, 3.63) is 105 Å². The largest absolute Gasteiger partial charge is 0.505 e. The minimum absolute atomic E-state index is 0.000125. The molecular formula is C31H27FN2O6S. The fourth-order valence-corrected chi connectivity index (χ4v) is 5.74. The van der Waals surface area contributed by atoms with Gasteiger partial charge in [0.1, 0.15) is 28.5 Å². The Kier molecular flexibility index (Phi) is 7.78. The molecule has 0 spiro atoms. The van der Waals surface area contributed by atoms with Gasteiger partial charge in [-0.3, -0.25) is 9.69 Å². The molecule has 10 heteroatoms. The zero-order valence-electron chi connectivity index (χ0n) is 22.0. The minimum Gasteiger partial charge on any atom is -0.505 e. The molecule has 0 atom stereocenters. The summed E-state index contributed by atoms with van der Waals surface area (Å²) < 4.78 is 32.1. The highest BCUT2D eigenvalue weighted by molar-refractivity contribution is 7.99. The molecule has 210 valence electrons. The second kappa shape index (κ2) is 11.8. The summed E-state index contributed by atoms with van der Waals surface area (Å²) in [5, 5.41) is 11.7. The van der Waals surface area contributed by atoms with E-state index in [1.165, 1.54) is 24.3 Å². The monoisotopic (exact) mass is 574 g/mol. The Morgan fingerprint density at radius 1 is 0.976 bits per heavy atom. The lowest BCUT2D eigenvalue weighted by molar-refractivity contribution is 0.0322. The summed E-state index contributed by atoms with van der Waals surface area (Å²) in [6, 6.07) is 20.2. The zero-order valence-corrected chi connectivity index (χ0v) is 22.9. The van der Waals surface area contributed by atoms with Crippen molar-refractivity contribution in [3.8, 4) is 11.5 Å². The highest BCUT2D eigenvalue weighted by Gasteiger charge is 2.23. The normalized spacial score (nSPS) is 14.1. The average molecular weight is 575 g/mol. The van der Waals surface area contributed by atoms with E-state index in [0.717, 1.165) is 37.0 Å². The molecule has 0 amide bonds. The van der Waals surface area contributed by atoms with Crippen LogP contribution in [-0.4, -0.2) is 54.0 Å². The maximum atomic E-state index is 14.0. The number of benzene rings is 3. The van der Waals surface area contributed by atoms with Crippen molar-refractivity contribution in [3.63, 3.8) is 0 Å². The smallest absolute Gasteiger partial charge is 0.354 e. The fraction of sp³-hybridized carbons (Fsp3) is 0.226. The molecular weight excluding hydrogens is 547 g/mol. The Bertz CT molecular complexity index is 1820. The molecule has 41 heavy (non-hydrogen) atoms. The molecule has 3 aromatic carbocycles. The summed E-state index contributed by atoms with van der Waals surface area (Å²) >= 11 is 0.909. The first-order valence-electron chi connectivity index (χ1n) is 13.2. The first kappa shape index (κ1) is 27.1. The maximum Gasteiger partial charge on any atom is 0.354 e. The molecule has 5 aromatic rings. The van der Waals surface area contributed by atoms with E-state index in [2.05, 4.69) is 4.90 Å². The van der Waals surface area contributed by atoms with E-state index >= 15 is 0 Å². The molecule has 3 heterocycles. The Hall–Kier alpha value is -4.12. The van der Waals surface area contributed by atoms with Gasteiger partial charge >= 0.3 is 5.63 Å². The fourth-order valence-electron chi connectivity index (χ4n) is 4.91. The molecule has 0 saturated carbocycles. The van der Waals surface area contributed by atoms with Crippen molar-refractivity contribution < 1.29 is 23.4 Å². The number of pyridine rings is 1. The van der Waals surface area contributed by atoms with E-state index in [-0.39, 0.29) is 22.4 Å². The third kappa shape index (κ3) is 5.72. The molecule has 0 unspecified atom stereocenters. The highest BCUT2D eigenvalue weighted by Crippen LogP contribution is 2.37. The Balaban J connectivity index is 1.45. The van der Waals surface area contributed by atoms with Crippen LogP contribution in [-0.2, 0) is 11.3 Å². The third-order valence-corrected chi connectivity index (χ3v) is 8.09. The van der Waals surface area contributed by atoms with Crippen LogP contribution in [0.4, 0.5) is 4.39 Å². The second-order valence-electron chi connectivity index (χ2n) is 9.69. The van der Waals surface area contributed by atoms with Crippen LogP contribution in [0, 0.1) is 5.82 Å². The van der Waals surface area contributed by atoms with Crippen molar-refractivity contribution in [2.75, 3.05) is 39.5 Å². The number of ether oxygens (including phenoxy) is 2. The number of aromatic nitrogens is 1. The molecule has 1 saturated heterocycles. The number of halogens is 1. The SMILES string of the molecule is O=c1oc2c(c(O)c1Sc1ccc(F)cc1)c(=O)n(Cc1ccccc1)c1cc(OCCN3CCOCC3)ccc21. The van der Waals surface area contributed by atoms with Gasteiger partial charge in [0, 0.05) is 36.0 Å². The summed E-state index contributed by atoms with van der Waals surface area (Å²) in [6.07, 6.45) is 0. The van der Waals surface area contributed by atoms with Crippen LogP contribution >= 0.6 is 11.8 Å². The molecule has 6 rings (SSSR count). The molecule has 8 nitrogen and oxygen atoms in total. The van der Waals surface area contributed by atoms with Gasteiger partial charge in [0.15, 0.2) is 11.3 Å². The number of aromatic hydroxyl groups is 1. The standard InChI is InChI=1S/C31H27FN2O6S/c32-21-6-9-23(10-7-21)41-29-27(35)26-28(40-31(29)37)24-11-8-22(39-17-14-33-12-15-38-16-13-33)18-25(24)34(30(26)36)19-20-4-2-1-3-5-20/h1-11,18,35H,12-17,19H2. The summed E-state index contributed by atoms with van der Waals surface area (Å²) in [6.45, 7) is 4.55. The first-order chi connectivity index (χ1) is 20.0. The molecule has 1 fully saturated rings. The van der Waals surface area contributed by atoms with Gasteiger partial charge in [0.25, 0.3) is 5.56 Å². The van der Waals surface area contributed by atoms with Gasteiger partial charge in [-0.25, -0.2) is 9.18 Å². The lowest BCUT2D eigenvalue weighted by Crippen LogP contribution is -2.38. The molecule has 1 aliphatic rings. The minimum atomic E-state index is -0.795. The van der Waals surface area contributed by atoms with Crippen LogP contribution in [0.3, 0.4) is 0 Å². The van der Waals surface area contributed by atoms with Gasteiger partial charge in [0.2, 0.25) is 0 Å². The van der Waals surface area contributed by atoms with Crippen molar-refractivity contribution >= 4 is 33.6 Å². The predicted molar refractivity (Wildman–Crippen MR) is 155 cm³/mol. The van der Waals surface area contributed by atoms with Crippen LogP contribution in [0.2, 0.25) is 0 Å². The molecule has 1 N–H and O–H groups in total. The predicted octanol–water partition coefficient (Wildman–Crippen LogP) is 4.86.